The van der Waals surface area contributed by atoms with Crippen molar-refractivity contribution >= 4 is 5.69 Å². The van der Waals surface area contributed by atoms with Gasteiger partial charge in [-0.25, -0.2) is 0 Å². The van der Waals surface area contributed by atoms with Crippen LogP contribution in [0.25, 0.3) is 0 Å². The molecule has 0 spiro atoms. The van der Waals surface area contributed by atoms with Crippen molar-refractivity contribution in [1.29, 1.82) is 0 Å². The van der Waals surface area contributed by atoms with Gasteiger partial charge in [0.2, 0.25) is 0 Å². The van der Waals surface area contributed by atoms with E-state index in [0.717, 1.165) is 19.5 Å². The van der Waals surface area contributed by atoms with Crippen LogP contribution in [0.1, 0.15) is 12.0 Å². The maximum Gasteiger partial charge on any atom is 0.350 e. The van der Waals surface area contributed by atoms with E-state index in [1.807, 2.05) is 18.2 Å². The third kappa shape index (κ3) is 4.57. The summed E-state index contributed by atoms with van der Waals surface area (Å²) in [6.07, 6.45) is 2.09. The molecule has 21 heavy (non-hydrogen) atoms. The maximum absolute atomic E-state index is 10.8. The minimum atomic E-state index is -0.490. The number of rotatable bonds is 8. The number of aryl methyl sites for hydroxylation is 1. The maximum atomic E-state index is 10.8. The Morgan fingerprint density at radius 1 is 1.38 bits per heavy atom. The normalized spacial score (nSPS) is 10.5. The number of nitrogens with one attached hydrogen (secondary N) is 1. The number of hydrogen-bond donors (Lipinski definition) is 1. The average molecular weight is 290 g/mol. The molecule has 7 nitrogen and oxygen atoms in total. The SMILES string of the molecule is Cn1cc([N+](=O)[O-])c(OCCCNCc2ccccc2)n1. The zero-order valence-corrected chi connectivity index (χ0v) is 11.9. The fourth-order valence-electron chi connectivity index (χ4n) is 1.88. The summed E-state index contributed by atoms with van der Waals surface area (Å²) in [5.41, 5.74) is 1.12. The molecule has 0 aliphatic heterocycles. The summed E-state index contributed by atoms with van der Waals surface area (Å²) in [5.74, 6) is 0.0746. The lowest BCUT2D eigenvalue weighted by Crippen LogP contribution is -2.17. The molecule has 1 aromatic carbocycles. The fraction of sp³-hybridized carbons (Fsp3) is 0.357. The second-order valence-electron chi connectivity index (χ2n) is 4.61. The van der Waals surface area contributed by atoms with E-state index in [1.165, 1.54) is 16.4 Å². The zero-order valence-electron chi connectivity index (χ0n) is 11.9. The molecule has 0 amide bonds. The van der Waals surface area contributed by atoms with Crippen LogP contribution < -0.4 is 10.1 Å². The largest absolute Gasteiger partial charge is 0.472 e. The molecule has 1 heterocycles. The molecule has 0 radical (unpaired) electrons. The molecule has 0 unspecified atom stereocenters. The Hall–Kier alpha value is -2.41. The monoisotopic (exact) mass is 290 g/mol. The van der Waals surface area contributed by atoms with E-state index >= 15 is 0 Å². The Bertz CT molecular complexity index is 583. The molecule has 7 heteroatoms. The van der Waals surface area contributed by atoms with Gasteiger partial charge in [-0.05, 0) is 18.5 Å². The van der Waals surface area contributed by atoms with Gasteiger partial charge in [-0.1, -0.05) is 30.3 Å². The highest BCUT2D eigenvalue weighted by Gasteiger charge is 2.19. The van der Waals surface area contributed by atoms with Gasteiger partial charge >= 0.3 is 11.6 Å². The van der Waals surface area contributed by atoms with E-state index < -0.39 is 4.92 Å². The molecular formula is C14H18N4O3. The molecular weight excluding hydrogens is 272 g/mol. The van der Waals surface area contributed by atoms with Crippen LogP contribution in [0, 0.1) is 10.1 Å². The Balaban J connectivity index is 1.67. The standard InChI is InChI=1S/C14H18N4O3/c1-17-11-13(18(19)20)14(16-17)21-9-5-8-15-10-12-6-3-2-4-7-12/h2-4,6-7,11,15H,5,8-10H2,1H3. The molecule has 0 atom stereocenters. The summed E-state index contributed by atoms with van der Waals surface area (Å²) in [6.45, 7) is 1.96. The molecule has 1 aromatic heterocycles. The molecule has 0 aliphatic rings. The topological polar surface area (TPSA) is 82.2 Å². The molecule has 0 saturated heterocycles. The first kappa shape index (κ1) is 15.0. The van der Waals surface area contributed by atoms with E-state index in [9.17, 15) is 10.1 Å². The van der Waals surface area contributed by atoms with E-state index in [-0.39, 0.29) is 11.6 Å². The van der Waals surface area contributed by atoms with Crippen molar-refractivity contribution in [2.75, 3.05) is 13.2 Å². The Kier molecular flexibility index (Phi) is 5.28. The van der Waals surface area contributed by atoms with Crippen molar-refractivity contribution in [2.45, 2.75) is 13.0 Å². The molecule has 2 rings (SSSR count). The number of benzene rings is 1. The van der Waals surface area contributed by atoms with Crippen molar-refractivity contribution in [3.63, 3.8) is 0 Å². The van der Waals surface area contributed by atoms with Crippen LogP contribution in [0.3, 0.4) is 0 Å². The fourth-order valence-corrected chi connectivity index (χ4v) is 1.88. The van der Waals surface area contributed by atoms with Gasteiger partial charge in [0.05, 0.1) is 11.5 Å². The summed E-state index contributed by atoms with van der Waals surface area (Å²) < 4.78 is 6.73. The Morgan fingerprint density at radius 2 is 2.14 bits per heavy atom. The number of hydrogen-bond acceptors (Lipinski definition) is 5. The lowest BCUT2D eigenvalue weighted by atomic mass is 10.2. The van der Waals surface area contributed by atoms with Gasteiger partial charge in [0.1, 0.15) is 6.20 Å². The lowest BCUT2D eigenvalue weighted by Gasteiger charge is -2.05. The summed E-state index contributed by atoms with van der Waals surface area (Å²) in [7, 11) is 1.63. The third-order valence-electron chi connectivity index (χ3n) is 2.88. The zero-order chi connectivity index (χ0) is 15.1. The first-order valence-electron chi connectivity index (χ1n) is 6.72. The van der Waals surface area contributed by atoms with Crippen molar-refractivity contribution in [1.82, 2.24) is 15.1 Å². The summed E-state index contributed by atoms with van der Waals surface area (Å²) >= 11 is 0. The highest BCUT2D eigenvalue weighted by atomic mass is 16.6. The predicted molar refractivity (Wildman–Crippen MR) is 78.1 cm³/mol. The minimum Gasteiger partial charge on any atom is -0.472 e. The van der Waals surface area contributed by atoms with Crippen LogP contribution in [0.5, 0.6) is 5.88 Å². The van der Waals surface area contributed by atoms with Crippen molar-refractivity contribution in [3.05, 3.63) is 52.2 Å². The second kappa shape index (κ2) is 7.39. The van der Waals surface area contributed by atoms with Crippen molar-refractivity contribution < 1.29 is 9.66 Å². The average Bonchev–Trinajstić information content (AvgIpc) is 2.85. The van der Waals surface area contributed by atoms with Crippen LogP contribution in [0.4, 0.5) is 5.69 Å². The lowest BCUT2D eigenvalue weighted by molar-refractivity contribution is -0.386. The number of ether oxygens (including phenoxy) is 1. The van der Waals surface area contributed by atoms with Gasteiger partial charge < -0.3 is 10.1 Å². The molecule has 2 aromatic rings. The molecule has 0 saturated carbocycles. The van der Waals surface area contributed by atoms with Crippen molar-refractivity contribution in [2.24, 2.45) is 7.05 Å². The van der Waals surface area contributed by atoms with Gasteiger partial charge in [0, 0.05) is 13.6 Å². The first-order chi connectivity index (χ1) is 10.2. The van der Waals surface area contributed by atoms with Crippen LogP contribution >= 0.6 is 0 Å². The molecule has 0 aliphatic carbocycles. The van der Waals surface area contributed by atoms with Crippen LogP contribution in [0.15, 0.2) is 36.5 Å². The van der Waals surface area contributed by atoms with Gasteiger partial charge in [0.25, 0.3) is 0 Å². The molecule has 0 bridgehead atoms. The van der Waals surface area contributed by atoms with Gasteiger partial charge in [0.15, 0.2) is 0 Å². The summed E-state index contributed by atoms with van der Waals surface area (Å²) in [4.78, 5) is 10.3. The Labute approximate surface area is 122 Å². The van der Waals surface area contributed by atoms with Gasteiger partial charge in [-0.2, -0.15) is 0 Å². The van der Waals surface area contributed by atoms with E-state index in [2.05, 4.69) is 22.5 Å². The minimum absolute atomic E-state index is 0.0746. The summed E-state index contributed by atoms with van der Waals surface area (Å²) in [6, 6.07) is 10.1. The number of nitro groups is 1. The molecule has 0 fully saturated rings. The van der Waals surface area contributed by atoms with Gasteiger partial charge in [-0.3, -0.25) is 14.8 Å². The van der Waals surface area contributed by atoms with Crippen LogP contribution in [-0.4, -0.2) is 27.9 Å². The first-order valence-corrected chi connectivity index (χ1v) is 6.72. The smallest absolute Gasteiger partial charge is 0.350 e. The highest BCUT2D eigenvalue weighted by Crippen LogP contribution is 2.23. The van der Waals surface area contributed by atoms with E-state index in [4.69, 9.17) is 4.74 Å². The highest BCUT2D eigenvalue weighted by molar-refractivity contribution is 5.38. The Morgan fingerprint density at radius 3 is 2.86 bits per heavy atom. The van der Waals surface area contributed by atoms with Crippen molar-refractivity contribution in [3.8, 4) is 5.88 Å². The number of nitrogens with zero attached hydrogens (tertiary/aromatic N) is 3. The van der Waals surface area contributed by atoms with Crippen LogP contribution in [-0.2, 0) is 13.6 Å². The summed E-state index contributed by atoms with van der Waals surface area (Å²) in [5, 5.41) is 18.0. The van der Waals surface area contributed by atoms with Gasteiger partial charge in [-0.15, -0.1) is 5.10 Å². The van der Waals surface area contributed by atoms with E-state index in [0.29, 0.717) is 6.61 Å². The quantitative estimate of drug-likeness (QED) is 0.456. The molecule has 1 N–H and O–H groups in total. The predicted octanol–water partition coefficient (Wildman–Crippen LogP) is 1.89. The number of aromatic nitrogens is 2. The third-order valence-corrected chi connectivity index (χ3v) is 2.88. The second-order valence-corrected chi connectivity index (χ2v) is 4.61. The van der Waals surface area contributed by atoms with E-state index in [1.54, 1.807) is 7.05 Å². The van der Waals surface area contributed by atoms with Crippen LogP contribution in [0.2, 0.25) is 0 Å². The molecule has 112 valence electrons.